The first-order valence-corrected chi connectivity index (χ1v) is 12.2. The van der Waals surface area contributed by atoms with Gasteiger partial charge in [0.2, 0.25) is 11.8 Å². The molecule has 0 saturated carbocycles. The van der Waals surface area contributed by atoms with Crippen LogP contribution in [0.1, 0.15) is 0 Å². The summed E-state index contributed by atoms with van der Waals surface area (Å²) in [5.41, 5.74) is 1.44. The molecule has 27 heavy (non-hydrogen) atoms. The van der Waals surface area contributed by atoms with E-state index in [-0.39, 0.29) is 11.7 Å². The van der Waals surface area contributed by atoms with Crippen LogP contribution in [0.5, 0.6) is 0 Å². The van der Waals surface area contributed by atoms with Gasteiger partial charge in [0.05, 0.1) is 20.4 Å². The van der Waals surface area contributed by atoms with E-state index in [1.54, 1.807) is 0 Å². The van der Waals surface area contributed by atoms with Crippen LogP contribution in [0.25, 0.3) is 11.5 Å². The quantitative estimate of drug-likeness (QED) is 0.172. The molecule has 0 fully saturated rings. The Balaban J connectivity index is 1.67. The van der Waals surface area contributed by atoms with Gasteiger partial charge in [-0.1, -0.05) is 30.0 Å². The van der Waals surface area contributed by atoms with Gasteiger partial charge in [0.25, 0.3) is 5.22 Å². The summed E-state index contributed by atoms with van der Waals surface area (Å²) >= 11 is 18.5. The fraction of sp³-hybridized carbons (Fsp3) is 0.0625. The number of benzene rings is 2. The first-order chi connectivity index (χ1) is 12.9. The summed E-state index contributed by atoms with van der Waals surface area (Å²) in [7, 11) is 0. The third kappa shape index (κ3) is 5.05. The molecule has 2 aromatic carbocycles. The van der Waals surface area contributed by atoms with Gasteiger partial charge in [-0.3, -0.25) is 4.79 Å². The Morgan fingerprint density at radius 3 is 2.15 bits per heavy atom. The van der Waals surface area contributed by atoms with E-state index in [2.05, 4.69) is 95.2 Å². The Morgan fingerprint density at radius 1 is 0.926 bits per heavy atom. The van der Waals surface area contributed by atoms with Gasteiger partial charge >= 0.3 is 0 Å². The predicted octanol–water partition coefficient (Wildman–Crippen LogP) is 7.28. The number of hydrogen-bond acceptors (Lipinski definition) is 5. The molecule has 0 unspecified atom stereocenters. The number of thioether (sulfide) groups is 1. The van der Waals surface area contributed by atoms with Gasteiger partial charge < -0.3 is 9.73 Å². The molecule has 1 N–H and O–H groups in total. The minimum absolute atomic E-state index is 0.126. The lowest BCUT2D eigenvalue weighted by Crippen LogP contribution is -2.15. The molecule has 1 amide bonds. The van der Waals surface area contributed by atoms with Crippen molar-refractivity contribution in [3.8, 4) is 11.5 Å². The number of amides is 1. The number of hydrogen-bond donors (Lipinski definition) is 1. The van der Waals surface area contributed by atoms with Crippen molar-refractivity contribution in [1.29, 1.82) is 0 Å². The molecule has 1 heterocycles. The molecular weight excluding hydrogens is 698 g/mol. The SMILES string of the molecule is O=C(CSc1nnc(-c2ccccc2)o1)Nc1c(Br)c(Br)c(Br)c(Br)c1Br. The van der Waals surface area contributed by atoms with Crippen LogP contribution in [-0.2, 0) is 4.79 Å². The predicted molar refractivity (Wildman–Crippen MR) is 124 cm³/mol. The van der Waals surface area contributed by atoms with E-state index in [9.17, 15) is 4.79 Å². The van der Waals surface area contributed by atoms with Gasteiger partial charge in [-0.25, -0.2) is 0 Å². The molecule has 0 aliphatic heterocycles. The van der Waals surface area contributed by atoms with Crippen LogP contribution >= 0.6 is 91.4 Å². The highest BCUT2D eigenvalue weighted by Gasteiger charge is 2.20. The zero-order valence-electron chi connectivity index (χ0n) is 13.1. The van der Waals surface area contributed by atoms with Crippen LogP contribution in [-0.4, -0.2) is 21.9 Å². The van der Waals surface area contributed by atoms with E-state index in [4.69, 9.17) is 4.42 Å². The summed E-state index contributed by atoms with van der Waals surface area (Å²) in [5, 5.41) is 11.2. The second-order valence-electron chi connectivity index (χ2n) is 5.02. The Morgan fingerprint density at radius 2 is 1.52 bits per heavy atom. The Bertz CT molecular complexity index is 968. The summed E-state index contributed by atoms with van der Waals surface area (Å²) in [5.74, 6) is 0.340. The van der Waals surface area contributed by atoms with Crippen molar-refractivity contribution in [2.75, 3.05) is 11.1 Å². The molecular formula is C16H8Br5N3O2S. The minimum atomic E-state index is -0.206. The minimum Gasteiger partial charge on any atom is -0.411 e. The number of carbonyl (C=O) groups is 1. The highest BCUT2D eigenvalue weighted by atomic mass is 79.9. The van der Waals surface area contributed by atoms with Crippen molar-refractivity contribution in [2.45, 2.75) is 5.22 Å². The molecule has 0 spiro atoms. The van der Waals surface area contributed by atoms with Crippen LogP contribution < -0.4 is 5.32 Å². The Labute approximate surface area is 201 Å². The van der Waals surface area contributed by atoms with Crippen LogP contribution in [0.4, 0.5) is 5.69 Å². The number of halogens is 5. The Hall–Kier alpha value is -0.200. The Kier molecular flexibility index (Phi) is 7.59. The van der Waals surface area contributed by atoms with Gasteiger partial charge in [-0.05, 0) is 91.8 Å². The summed E-state index contributed by atoms with van der Waals surface area (Å²) < 4.78 is 9.41. The maximum Gasteiger partial charge on any atom is 0.277 e. The van der Waals surface area contributed by atoms with Crippen molar-refractivity contribution in [3.63, 3.8) is 0 Å². The summed E-state index contributed by atoms with van der Waals surface area (Å²) in [6.07, 6.45) is 0. The first kappa shape index (κ1) is 21.5. The first-order valence-electron chi connectivity index (χ1n) is 7.21. The largest absolute Gasteiger partial charge is 0.411 e. The summed E-state index contributed by atoms with van der Waals surface area (Å²) in [6.45, 7) is 0. The molecule has 3 rings (SSSR count). The average Bonchev–Trinajstić information content (AvgIpc) is 3.16. The summed E-state index contributed by atoms with van der Waals surface area (Å²) in [4.78, 5) is 12.4. The lowest BCUT2D eigenvalue weighted by atomic mass is 10.2. The topological polar surface area (TPSA) is 68.0 Å². The van der Waals surface area contributed by atoms with Crippen LogP contribution in [0.2, 0.25) is 0 Å². The van der Waals surface area contributed by atoms with Crippen molar-refractivity contribution < 1.29 is 9.21 Å². The van der Waals surface area contributed by atoms with Crippen LogP contribution in [0.15, 0.2) is 62.3 Å². The lowest BCUT2D eigenvalue weighted by molar-refractivity contribution is -0.113. The van der Waals surface area contributed by atoms with Gasteiger partial charge in [0.15, 0.2) is 0 Å². The lowest BCUT2D eigenvalue weighted by Gasteiger charge is -2.14. The smallest absolute Gasteiger partial charge is 0.277 e. The molecule has 0 atom stereocenters. The van der Waals surface area contributed by atoms with E-state index in [1.807, 2.05) is 30.3 Å². The monoisotopic (exact) mass is 701 g/mol. The van der Waals surface area contributed by atoms with Crippen LogP contribution in [0, 0.1) is 0 Å². The zero-order valence-corrected chi connectivity index (χ0v) is 21.8. The molecule has 3 aromatic rings. The van der Waals surface area contributed by atoms with Crippen molar-refractivity contribution in [3.05, 3.63) is 52.7 Å². The van der Waals surface area contributed by atoms with E-state index >= 15 is 0 Å². The van der Waals surface area contributed by atoms with Gasteiger partial charge in [-0.2, -0.15) is 0 Å². The molecule has 0 radical (unpaired) electrons. The molecule has 0 aliphatic carbocycles. The van der Waals surface area contributed by atoms with E-state index in [0.717, 1.165) is 19.0 Å². The molecule has 1 aromatic heterocycles. The van der Waals surface area contributed by atoms with Crippen molar-refractivity contribution in [1.82, 2.24) is 10.2 Å². The third-order valence-corrected chi connectivity index (χ3v) is 10.1. The van der Waals surface area contributed by atoms with Crippen molar-refractivity contribution in [2.24, 2.45) is 0 Å². The number of carbonyl (C=O) groups excluding carboxylic acids is 1. The normalized spacial score (nSPS) is 10.9. The van der Waals surface area contributed by atoms with E-state index in [0.29, 0.717) is 25.7 Å². The zero-order chi connectivity index (χ0) is 19.6. The molecule has 5 nitrogen and oxygen atoms in total. The highest BCUT2D eigenvalue weighted by Crippen LogP contribution is 2.47. The molecule has 140 valence electrons. The fourth-order valence-electron chi connectivity index (χ4n) is 1.98. The molecule has 0 saturated heterocycles. The number of nitrogens with zero attached hydrogens (tertiary/aromatic N) is 2. The van der Waals surface area contributed by atoms with Crippen molar-refractivity contribution >= 4 is 103 Å². The maximum atomic E-state index is 12.4. The maximum absolute atomic E-state index is 12.4. The average molecular weight is 706 g/mol. The second kappa shape index (κ2) is 9.53. The standard InChI is InChI=1S/C16H8Br5N3O2S/c17-9-10(18)12(20)14(13(21)11(9)19)22-8(25)6-27-16-24-23-15(26-16)7-4-2-1-3-5-7/h1-5H,6H2,(H,22,25). The molecule has 0 aliphatic rings. The number of rotatable bonds is 5. The summed E-state index contributed by atoms with van der Waals surface area (Å²) in [6, 6.07) is 9.46. The molecule has 0 bridgehead atoms. The third-order valence-electron chi connectivity index (χ3n) is 3.23. The number of nitrogens with one attached hydrogen (secondary N) is 1. The molecule has 11 heteroatoms. The van der Waals surface area contributed by atoms with Crippen LogP contribution in [0.3, 0.4) is 0 Å². The van der Waals surface area contributed by atoms with E-state index < -0.39 is 0 Å². The number of aromatic nitrogens is 2. The van der Waals surface area contributed by atoms with Gasteiger partial charge in [-0.15, -0.1) is 10.2 Å². The van der Waals surface area contributed by atoms with Gasteiger partial charge in [0, 0.05) is 19.0 Å². The van der Waals surface area contributed by atoms with E-state index in [1.165, 1.54) is 11.8 Å². The number of anilines is 1. The fourth-order valence-corrected chi connectivity index (χ4v) is 5.79. The second-order valence-corrected chi connectivity index (χ2v) is 9.91. The van der Waals surface area contributed by atoms with Gasteiger partial charge in [0.1, 0.15) is 0 Å². The highest BCUT2D eigenvalue weighted by molar-refractivity contribution is 9.15.